The molecule has 2 nitrogen and oxygen atoms in total. The van der Waals surface area contributed by atoms with Crippen molar-refractivity contribution in [2.24, 2.45) is 5.41 Å². The molecular weight excluding hydrogens is 220 g/mol. The topological polar surface area (TPSA) is 6.48 Å². The molecule has 0 bridgehead atoms. The van der Waals surface area contributed by atoms with Gasteiger partial charge in [-0.25, -0.2) is 0 Å². The molecule has 3 fully saturated rings. The normalized spacial score (nSPS) is 38.8. The fourth-order valence-corrected chi connectivity index (χ4v) is 4.43. The molecule has 2 aliphatic heterocycles. The Balaban J connectivity index is 1.62. The summed E-state index contributed by atoms with van der Waals surface area (Å²) in [5, 5.41) is 0. The molecule has 0 aromatic carbocycles. The first kappa shape index (κ1) is 12.9. The van der Waals surface area contributed by atoms with Crippen LogP contribution in [-0.4, -0.2) is 47.6 Å². The lowest BCUT2D eigenvalue weighted by atomic mass is 9.75. The predicted octanol–water partition coefficient (Wildman–Crippen LogP) is 3.12. The molecule has 3 aliphatic rings. The van der Waals surface area contributed by atoms with Crippen LogP contribution in [0.2, 0.25) is 0 Å². The van der Waals surface area contributed by atoms with E-state index >= 15 is 0 Å². The number of fused-ring (bicyclic) bond motifs is 1. The van der Waals surface area contributed by atoms with E-state index < -0.39 is 0 Å². The van der Waals surface area contributed by atoms with Crippen molar-refractivity contribution in [1.29, 1.82) is 0 Å². The average molecular weight is 250 g/mol. The van der Waals surface area contributed by atoms with Gasteiger partial charge in [-0.2, -0.15) is 0 Å². The number of piperazine rings is 1. The molecule has 2 heterocycles. The molecule has 0 aromatic heterocycles. The quantitative estimate of drug-likeness (QED) is 0.705. The van der Waals surface area contributed by atoms with E-state index in [1.165, 1.54) is 58.2 Å². The summed E-state index contributed by atoms with van der Waals surface area (Å²) in [6.07, 6.45) is 8.60. The first-order valence-corrected chi connectivity index (χ1v) is 8.05. The second-order valence-corrected chi connectivity index (χ2v) is 7.73. The Morgan fingerprint density at radius 1 is 0.944 bits per heavy atom. The molecule has 2 unspecified atom stereocenters. The number of hydrogen-bond donors (Lipinski definition) is 0. The number of rotatable bonds is 1. The molecule has 0 amide bonds. The van der Waals surface area contributed by atoms with E-state index in [9.17, 15) is 0 Å². The highest BCUT2D eigenvalue weighted by Gasteiger charge is 2.39. The molecule has 2 atom stereocenters. The second kappa shape index (κ2) is 4.79. The molecular formula is C16H30N2. The van der Waals surface area contributed by atoms with Gasteiger partial charge in [0.05, 0.1) is 0 Å². The van der Waals surface area contributed by atoms with Crippen LogP contribution in [0.5, 0.6) is 0 Å². The van der Waals surface area contributed by atoms with Gasteiger partial charge >= 0.3 is 0 Å². The fourth-order valence-electron chi connectivity index (χ4n) is 4.43. The van der Waals surface area contributed by atoms with Crippen molar-refractivity contribution in [3.8, 4) is 0 Å². The summed E-state index contributed by atoms with van der Waals surface area (Å²) in [6, 6.07) is 2.55. The highest BCUT2D eigenvalue weighted by Crippen LogP contribution is 2.38. The minimum Gasteiger partial charge on any atom is -0.298 e. The average Bonchev–Trinajstić information content (AvgIpc) is 2.75. The largest absolute Gasteiger partial charge is 0.298 e. The van der Waals surface area contributed by atoms with E-state index in [-0.39, 0.29) is 0 Å². The molecule has 0 radical (unpaired) electrons. The zero-order chi connectivity index (χ0) is 12.8. The predicted molar refractivity (Wildman–Crippen MR) is 76.8 cm³/mol. The first-order chi connectivity index (χ1) is 8.55. The van der Waals surface area contributed by atoms with Gasteiger partial charge in [0.1, 0.15) is 0 Å². The van der Waals surface area contributed by atoms with Gasteiger partial charge in [-0.05, 0) is 57.4 Å². The molecule has 18 heavy (non-hydrogen) atoms. The van der Waals surface area contributed by atoms with Crippen molar-refractivity contribution < 1.29 is 0 Å². The summed E-state index contributed by atoms with van der Waals surface area (Å²) in [6.45, 7) is 11.4. The molecule has 0 N–H and O–H groups in total. The summed E-state index contributed by atoms with van der Waals surface area (Å²) in [7, 11) is 0. The van der Waals surface area contributed by atoms with E-state index in [0.717, 1.165) is 18.1 Å². The van der Waals surface area contributed by atoms with Gasteiger partial charge in [0, 0.05) is 31.2 Å². The second-order valence-electron chi connectivity index (χ2n) is 7.73. The molecule has 2 heteroatoms. The summed E-state index contributed by atoms with van der Waals surface area (Å²) < 4.78 is 0. The lowest BCUT2D eigenvalue weighted by Crippen LogP contribution is -2.58. The zero-order valence-corrected chi connectivity index (χ0v) is 12.5. The van der Waals surface area contributed by atoms with Crippen molar-refractivity contribution >= 4 is 0 Å². The van der Waals surface area contributed by atoms with Gasteiger partial charge in [0.25, 0.3) is 0 Å². The van der Waals surface area contributed by atoms with Gasteiger partial charge in [-0.15, -0.1) is 0 Å². The summed E-state index contributed by atoms with van der Waals surface area (Å²) in [4.78, 5) is 5.61. The van der Waals surface area contributed by atoms with Crippen molar-refractivity contribution in [2.75, 3.05) is 19.6 Å². The summed E-state index contributed by atoms with van der Waals surface area (Å²) in [5.41, 5.74) is 0.606. The maximum Gasteiger partial charge on any atom is 0.0224 e. The molecule has 0 aromatic rings. The molecule has 0 spiro atoms. The minimum absolute atomic E-state index is 0.606. The number of hydrogen-bond acceptors (Lipinski definition) is 2. The Labute approximate surface area is 113 Å². The van der Waals surface area contributed by atoms with Crippen LogP contribution in [0.15, 0.2) is 0 Å². The standard InChI is InChI=1S/C16H30N2/c1-13-11-17-10-4-5-15(17)12-18(13)14-6-8-16(2,3)9-7-14/h13-15H,4-12H2,1-3H3. The first-order valence-electron chi connectivity index (χ1n) is 8.05. The molecule has 104 valence electrons. The Morgan fingerprint density at radius 2 is 1.67 bits per heavy atom. The van der Waals surface area contributed by atoms with Crippen molar-refractivity contribution in [3.63, 3.8) is 0 Å². The van der Waals surface area contributed by atoms with Gasteiger partial charge < -0.3 is 0 Å². The van der Waals surface area contributed by atoms with Crippen LogP contribution in [0, 0.1) is 5.41 Å². The third kappa shape index (κ3) is 2.46. The molecule has 3 rings (SSSR count). The van der Waals surface area contributed by atoms with Crippen LogP contribution >= 0.6 is 0 Å². The smallest absolute Gasteiger partial charge is 0.0224 e. The molecule has 1 aliphatic carbocycles. The Morgan fingerprint density at radius 3 is 2.39 bits per heavy atom. The van der Waals surface area contributed by atoms with Crippen LogP contribution in [0.1, 0.15) is 59.3 Å². The maximum atomic E-state index is 2.86. The van der Waals surface area contributed by atoms with Crippen molar-refractivity contribution in [3.05, 3.63) is 0 Å². The summed E-state index contributed by atoms with van der Waals surface area (Å²) >= 11 is 0. The zero-order valence-electron chi connectivity index (χ0n) is 12.5. The fraction of sp³-hybridized carbons (Fsp3) is 1.00. The van der Waals surface area contributed by atoms with Gasteiger partial charge in [-0.3, -0.25) is 9.80 Å². The SMILES string of the molecule is CC1CN2CCCC2CN1C1CCC(C)(C)CC1. The van der Waals surface area contributed by atoms with Gasteiger partial charge in [0.2, 0.25) is 0 Å². The van der Waals surface area contributed by atoms with E-state index in [2.05, 4.69) is 30.6 Å². The Kier molecular flexibility index (Phi) is 3.44. The Hall–Kier alpha value is -0.0800. The van der Waals surface area contributed by atoms with Crippen molar-refractivity contribution in [1.82, 2.24) is 9.80 Å². The maximum absolute atomic E-state index is 2.86. The monoisotopic (exact) mass is 250 g/mol. The van der Waals surface area contributed by atoms with Crippen LogP contribution in [0.3, 0.4) is 0 Å². The van der Waals surface area contributed by atoms with Crippen LogP contribution in [-0.2, 0) is 0 Å². The van der Waals surface area contributed by atoms with E-state index in [1.54, 1.807) is 0 Å². The number of nitrogens with zero attached hydrogens (tertiary/aromatic N) is 2. The van der Waals surface area contributed by atoms with E-state index in [4.69, 9.17) is 0 Å². The van der Waals surface area contributed by atoms with Crippen LogP contribution in [0.25, 0.3) is 0 Å². The highest BCUT2D eigenvalue weighted by atomic mass is 15.3. The molecule has 1 saturated carbocycles. The van der Waals surface area contributed by atoms with Crippen LogP contribution < -0.4 is 0 Å². The third-order valence-electron chi connectivity index (χ3n) is 5.76. The van der Waals surface area contributed by atoms with Crippen molar-refractivity contribution in [2.45, 2.75) is 77.4 Å². The lowest BCUT2D eigenvalue weighted by molar-refractivity contribution is 0.00364. The third-order valence-corrected chi connectivity index (χ3v) is 5.76. The van der Waals surface area contributed by atoms with E-state index in [0.29, 0.717) is 5.41 Å². The van der Waals surface area contributed by atoms with Crippen LogP contribution in [0.4, 0.5) is 0 Å². The molecule has 2 saturated heterocycles. The van der Waals surface area contributed by atoms with E-state index in [1.807, 2.05) is 0 Å². The lowest BCUT2D eigenvalue weighted by Gasteiger charge is -2.48. The van der Waals surface area contributed by atoms with Gasteiger partial charge in [0.15, 0.2) is 0 Å². The summed E-state index contributed by atoms with van der Waals surface area (Å²) in [5.74, 6) is 0. The highest BCUT2D eigenvalue weighted by molar-refractivity contribution is 4.95. The Bertz CT molecular complexity index is 289. The van der Waals surface area contributed by atoms with Gasteiger partial charge in [-0.1, -0.05) is 13.8 Å². The minimum atomic E-state index is 0.606.